The molecule has 0 aliphatic carbocycles. The summed E-state index contributed by atoms with van der Waals surface area (Å²) in [4.78, 5) is 26.8. The minimum absolute atomic E-state index is 0.00524. The van der Waals surface area contributed by atoms with E-state index >= 15 is 0 Å². The molecule has 0 spiro atoms. The SMILES string of the molecule is N/C(Cc1ccc([N+](=O)[O-])cc1)=N\OC(=O)c1ccccc1I. The summed E-state index contributed by atoms with van der Waals surface area (Å²) in [5.41, 5.74) is 6.83. The van der Waals surface area contributed by atoms with Crippen LogP contribution in [0.2, 0.25) is 0 Å². The number of hydrogen-bond donors (Lipinski definition) is 1. The Balaban J connectivity index is 1.99. The van der Waals surface area contributed by atoms with Gasteiger partial charge in [-0.25, -0.2) is 4.79 Å². The Kier molecular flexibility index (Phi) is 5.63. The third-order valence-corrected chi connectivity index (χ3v) is 3.81. The first-order valence-corrected chi connectivity index (χ1v) is 7.57. The van der Waals surface area contributed by atoms with Gasteiger partial charge in [0.25, 0.3) is 5.69 Å². The topological polar surface area (TPSA) is 108 Å². The largest absolute Gasteiger partial charge is 0.384 e. The van der Waals surface area contributed by atoms with Crippen LogP contribution in [0.15, 0.2) is 53.7 Å². The zero-order valence-electron chi connectivity index (χ0n) is 11.8. The first kappa shape index (κ1) is 16.9. The van der Waals surface area contributed by atoms with Gasteiger partial charge in [0.1, 0.15) is 5.84 Å². The second-order valence-electron chi connectivity index (χ2n) is 4.54. The first-order chi connectivity index (χ1) is 11.0. The molecule has 2 rings (SSSR count). The molecule has 0 aliphatic rings. The van der Waals surface area contributed by atoms with Gasteiger partial charge in [0, 0.05) is 22.1 Å². The van der Waals surface area contributed by atoms with Crippen molar-refractivity contribution in [3.8, 4) is 0 Å². The molecule has 118 valence electrons. The molecule has 0 amide bonds. The predicted molar refractivity (Wildman–Crippen MR) is 93.0 cm³/mol. The highest BCUT2D eigenvalue weighted by Crippen LogP contribution is 2.14. The molecule has 7 nitrogen and oxygen atoms in total. The van der Waals surface area contributed by atoms with E-state index in [1.165, 1.54) is 12.1 Å². The average molecular weight is 425 g/mol. The highest BCUT2D eigenvalue weighted by molar-refractivity contribution is 14.1. The van der Waals surface area contributed by atoms with Crippen LogP contribution in [0.3, 0.4) is 0 Å². The van der Waals surface area contributed by atoms with Gasteiger partial charge >= 0.3 is 5.97 Å². The van der Waals surface area contributed by atoms with Crippen LogP contribution in [-0.4, -0.2) is 16.7 Å². The van der Waals surface area contributed by atoms with E-state index in [0.717, 1.165) is 9.13 Å². The third-order valence-electron chi connectivity index (χ3n) is 2.87. The van der Waals surface area contributed by atoms with Gasteiger partial charge in [-0.2, -0.15) is 0 Å². The van der Waals surface area contributed by atoms with Crippen LogP contribution in [0.5, 0.6) is 0 Å². The summed E-state index contributed by atoms with van der Waals surface area (Å²) in [7, 11) is 0. The van der Waals surface area contributed by atoms with E-state index in [2.05, 4.69) is 5.16 Å². The average Bonchev–Trinajstić information content (AvgIpc) is 2.53. The van der Waals surface area contributed by atoms with E-state index in [1.54, 1.807) is 30.3 Å². The molecule has 0 bridgehead atoms. The fourth-order valence-electron chi connectivity index (χ4n) is 1.75. The van der Waals surface area contributed by atoms with E-state index in [1.807, 2.05) is 28.7 Å². The van der Waals surface area contributed by atoms with E-state index in [4.69, 9.17) is 10.6 Å². The van der Waals surface area contributed by atoms with Crippen LogP contribution >= 0.6 is 22.6 Å². The molecule has 0 atom stereocenters. The molecule has 0 heterocycles. The molecule has 0 fully saturated rings. The van der Waals surface area contributed by atoms with Crippen molar-refractivity contribution in [2.24, 2.45) is 10.9 Å². The zero-order chi connectivity index (χ0) is 16.8. The zero-order valence-corrected chi connectivity index (χ0v) is 14.0. The number of benzene rings is 2. The molecule has 23 heavy (non-hydrogen) atoms. The first-order valence-electron chi connectivity index (χ1n) is 6.49. The van der Waals surface area contributed by atoms with Crippen molar-refractivity contribution < 1.29 is 14.6 Å². The highest BCUT2D eigenvalue weighted by Gasteiger charge is 2.11. The van der Waals surface area contributed by atoms with Gasteiger partial charge in [0.15, 0.2) is 0 Å². The third kappa shape index (κ3) is 4.74. The molecular weight excluding hydrogens is 413 g/mol. The summed E-state index contributed by atoms with van der Waals surface area (Å²) in [6, 6.07) is 12.8. The van der Waals surface area contributed by atoms with Crippen molar-refractivity contribution >= 4 is 40.1 Å². The molecule has 2 aromatic rings. The molecule has 0 saturated heterocycles. The normalized spacial score (nSPS) is 11.1. The van der Waals surface area contributed by atoms with E-state index in [9.17, 15) is 14.9 Å². The van der Waals surface area contributed by atoms with Crippen molar-refractivity contribution in [2.75, 3.05) is 0 Å². The Hall–Kier alpha value is -2.49. The summed E-state index contributed by atoms with van der Waals surface area (Å²) >= 11 is 2.02. The quantitative estimate of drug-likeness (QED) is 0.198. The monoisotopic (exact) mass is 425 g/mol. The molecule has 2 aromatic carbocycles. The Morgan fingerprint density at radius 3 is 2.48 bits per heavy atom. The lowest BCUT2D eigenvalue weighted by Crippen LogP contribution is -2.17. The number of halogens is 1. The lowest BCUT2D eigenvalue weighted by molar-refractivity contribution is -0.384. The lowest BCUT2D eigenvalue weighted by Gasteiger charge is -2.03. The van der Waals surface area contributed by atoms with Crippen LogP contribution in [0.4, 0.5) is 5.69 Å². The van der Waals surface area contributed by atoms with Gasteiger partial charge in [-0.1, -0.05) is 29.4 Å². The Morgan fingerprint density at radius 2 is 1.87 bits per heavy atom. The second-order valence-corrected chi connectivity index (χ2v) is 5.70. The summed E-state index contributed by atoms with van der Waals surface area (Å²) in [5.74, 6) is -0.500. The number of carbonyl (C=O) groups is 1. The number of rotatable bonds is 5. The smallest absolute Gasteiger partial charge is 0.366 e. The van der Waals surface area contributed by atoms with Crippen molar-refractivity contribution in [1.82, 2.24) is 0 Å². The number of nitro benzene ring substituents is 1. The Bertz CT molecular complexity index is 760. The number of nitrogens with two attached hydrogens (primary N) is 1. The molecule has 0 radical (unpaired) electrons. The van der Waals surface area contributed by atoms with Crippen molar-refractivity contribution in [2.45, 2.75) is 6.42 Å². The number of non-ortho nitro benzene ring substituents is 1. The van der Waals surface area contributed by atoms with Crippen LogP contribution < -0.4 is 5.73 Å². The standard InChI is InChI=1S/C15H12IN3O4/c16-13-4-2-1-3-12(13)15(20)23-18-14(17)9-10-5-7-11(8-6-10)19(21)22/h1-8H,9H2,(H2,17,18). The van der Waals surface area contributed by atoms with E-state index < -0.39 is 10.9 Å². The number of carbonyl (C=O) groups excluding carboxylic acids is 1. The maximum Gasteiger partial charge on any atom is 0.366 e. The number of oxime groups is 1. The Labute approximate surface area is 145 Å². The molecule has 2 N–H and O–H groups in total. The van der Waals surface area contributed by atoms with Gasteiger partial charge < -0.3 is 10.6 Å². The molecule has 0 saturated carbocycles. The van der Waals surface area contributed by atoms with Crippen molar-refractivity contribution in [3.05, 3.63) is 73.3 Å². The van der Waals surface area contributed by atoms with Crippen LogP contribution in [0, 0.1) is 13.7 Å². The van der Waals surface area contributed by atoms with Crippen LogP contribution in [-0.2, 0) is 11.3 Å². The van der Waals surface area contributed by atoms with Crippen LogP contribution in [0.25, 0.3) is 0 Å². The van der Waals surface area contributed by atoms with Gasteiger partial charge in [-0.15, -0.1) is 0 Å². The molecule has 0 aromatic heterocycles. The minimum atomic E-state index is -0.596. The lowest BCUT2D eigenvalue weighted by atomic mass is 10.1. The van der Waals surface area contributed by atoms with Gasteiger partial charge in [0.2, 0.25) is 0 Å². The van der Waals surface area contributed by atoms with E-state index in [-0.39, 0.29) is 17.9 Å². The summed E-state index contributed by atoms with van der Waals surface area (Å²) < 4.78 is 0.749. The van der Waals surface area contributed by atoms with Gasteiger partial charge in [-0.3, -0.25) is 10.1 Å². The fraction of sp³-hybridized carbons (Fsp3) is 0.0667. The number of nitrogens with zero attached hydrogens (tertiary/aromatic N) is 2. The maximum absolute atomic E-state index is 11.9. The molecule has 0 unspecified atom stereocenters. The van der Waals surface area contributed by atoms with Gasteiger partial charge in [-0.05, 0) is 40.3 Å². The molecular formula is C15H12IN3O4. The summed E-state index contributed by atoms with van der Waals surface area (Å²) in [6.07, 6.45) is 0.219. The Morgan fingerprint density at radius 1 is 1.22 bits per heavy atom. The minimum Gasteiger partial charge on any atom is -0.384 e. The second kappa shape index (κ2) is 7.68. The van der Waals surface area contributed by atoms with E-state index in [0.29, 0.717) is 5.56 Å². The van der Waals surface area contributed by atoms with Gasteiger partial charge in [0.05, 0.1) is 10.5 Å². The fourth-order valence-corrected chi connectivity index (χ4v) is 2.36. The van der Waals surface area contributed by atoms with Crippen LogP contribution in [0.1, 0.15) is 15.9 Å². The number of hydrogen-bond acceptors (Lipinski definition) is 5. The number of amidine groups is 1. The van der Waals surface area contributed by atoms with Crippen molar-refractivity contribution in [1.29, 1.82) is 0 Å². The summed E-state index contributed by atoms with van der Waals surface area (Å²) in [5, 5.41) is 14.2. The molecule has 8 heteroatoms. The highest BCUT2D eigenvalue weighted by atomic mass is 127. The number of nitro groups is 1. The predicted octanol–water partition coefficient (Wildman–Crippen LogP) is 2.87. The summed E-state index contributed by atoms with van der Waals surface area (Å²) in [6.45, 7) is 0. The van der Waals surface area contributed by atoms with Crippen molar-refractivity contribution in [3.63, 3.8) is 0 Å². The maximum atomic E-state index is 11.9. The molecule has 0 aliphatic heterocycles.